The molecule has 1 atom stereocenters. The highest BCUT2D eigenvalue weighted by Gasteiger charge is 2.31. The maximum Gasteiger partial charge on any atom is 0.197 e. The molecule has 1 unspecified atom stereocenters. The molecule has 1 aliphatic carbocycles. The predicted octanol–water partition coefficient (Wildman–Crippen LogP) is 2.28. The number of hydrogen-bond acceptors (Lipinski definition) is 3. The van der Waals surface area contributed by atoms with Crippen LogP contribution in [-0.4, -0.2) is 11.5 Å². The third kappa shape index (κ3) is 1.36. The van der Waals surface area contributed by atoms with E-state index in [0.717, 1.165) is 23.9 Å². The zero-order chi connectivity index (χ0) is 9.54. The largest absolute Gasteiger partial charge is 0.445 e. The first-order chi connectivity index (χ1) is 6.84. The first-order valence-corrected chi connectivity index (χ1v) is 5.55. The second-order valence-electron chi connectivity index (χ2n) is 4.42. The summed E-state index contributed by atoms with van der Waals surface area (Å²) in [6.07, 6.45) is 4.99. The van der Waals surface area contributed by atoms with Crippen LogP contribution in [0.4, 0.5) is 0 Å². The summed E-state index contributed by atoms with van der Waals surface area (Å²) >= 11 is 0. The number of oxazole rings is 1. The highest BCUT2D eigenvalue weighted by Crippen LogP contribution is 2.41. The second-order valence-corrected chi connectivity index (χ2v) is 4.42. The van der Waals surface area contributed by atoms with Crippen LogP contribution in [0.25, 0.3) is 0 Å². The molecule has 0 radical (unpaired) electrons. The van der Waals surface area contributed by atoms with Crippen molar-refractivity contribution >= 4 is 0 Å². The minimum atomic E-state index is 0.450. The molecule has 3 nitrogen and oxygen atoms in total. The van der Waals surface area contributed by atoms with Crippen molar-refractivity contribution in [3.63, 3.8) is 0 Å². The maximum absolute atomic E-state index is 5.70. The number of nitrogens with zero attached hydrogens (tertiary/aromatic N) is 1. The number of nitrogens with one attached hydrogen (secondary N) is 1. The average Bonchev–Trinajstić information content (AvgIpc) is 2.75. The van der Waals surface area contributed by atoms with Crippen LogP contribution in [0.1, 0.15) is 55.0 Å². The van der Waals surface area contributed by atoms with Crippen LogP contribution in [0, 0.1) is 6.92 Å². The fourth-order valence-electron chi connectivity index (χ4n) is 2.18. The van der Waals surface area contributed by atoms with Gasteiger partial charge >= 0.3 is 0 Å². The zero-order valence-electron chi connectivity index (χ0n) is 8.55. The van der Waals surface area contributed by atoms with Crippen molar-refractivity contribution in [3.8, 4) is 0 Å². The first kappa shape index (κ1) is 8.48. The van der Waals surface area contributed by atoms with Gasteiger partial charge in [-0.25, -0.2) is 4.98 Å². The van der Waals surface area contributed by atoms with Crippen LogP contribution in [0.15, 0.2) is 4.42 Å². The lowest BCUT2D eigenvalue weighted by Gasteiger charge is -2.05. The molecule has 76 valence electrons. The molecule has 0 aromatic carbocycles. The molecule has 1 saturated carbocycles. The van der Waals surface area contributed by atoms with Gasteiger partial charge in [0.15, 0.2) is 5.89 Å². The van der Waals surface area contributed by atoms with Crippen molar-refractivity contribution in [1.82, 2.24) is 10.3 Å². The quantitative estimate of drug-likeness (QED) is 0.781. The van der Waals surface area contributed by atoms with Crippen LogP contribution in [0.2, 0.25) is 0 Å². The molecule has 3 heteroatoms. The van der Waals surface area contributed by atoms with E-state index in [2.05, 4.69) is 10.3 Å². The van der Waals surface area contributed by atoms with Gasteiger partial charge in [-0.15, -0.1) is 0 Å². The van der Waals surface area contributed by atoms with Gasteiger partial charge in [0.1, 0.15) is 5.76 Å². The molecular weight excluding hydrogens is 176 g/mol. The molecule has 0 amide bonds. The summed E-state index contributed by atoms with van der Waals surface area (Å²) in [4.78, 5) is 4.62. The van der Waals surface area contributed by atoms with E-state index in [1.54, 1.807) is 0 Å². The van der Waals surface area contributed by atoms with Gasteiger partial charge in [-0.3, -0.25) is 0 Å². The molecule has 0 spiro atoms. The molecule has 1 N–H and O–H groups in total. The van der Waals surface area contributed by atoms with Gasteiger partial charge in [0, 0.05) is 5.92 Å². The molecule has 2 heterocycles. The highest BCUT2D eigenvalue weighted by molar-refractivity contribution is 5.17. The van der Waals surface area contributed by atoms with Gasteiger partial charge in [-0.1, -0.05) is 0 Å². The summed E-state index contributed by atoms with van der Waals surface area (Å²) in [6, 6.07) is 0.450. The lowest BCUT2D eigenvalue weighted by Crippen LogP contribution is -2.14. The minimum Gasteiger partial charge on any atom is -0.445 e. The highest BCUT2D eigenvalue weighted by atomic mass is 16.4. The van der Waals surface area contributed by atoms with Gasteiger partial charge in [0.2, 0.25) is 0 Å². The molecule has 2 fully saturated rings. The van der Waals surface area contributed by atoms with Gasteiger partial charge in [-0.2, -0.15) is 0 Å². The maximum atomic E-state index is 5.70. The van der Waals surface area contributed by atoms with Crippen molar-refractivity contribution in [2.24, 2.45) is 0 Å². The monoisotopic (exact) mass is 192 g/mol. The Kier molecular flexibility index (Phi) is 1.87. The molecule has 1 saturated heterocycles. The Balaban J connectivity index is 1.88. The van der Waals surface area contributed by atoms with Crippen LogP contribution in [0.3, 0.4) is 0 Å². The fourth-order valence-corrected chi connectivity index (χ4v) is 2.18. The Morgan fingerprint density at radius 1 is 1.36 bits per heavy atom. The summed E-state index contributed by atoms with van der Waals surface area (Å²) in [6.45, 7) is 3.16. The molecule has 1 aliphatic heterocycles. The SMILES string of the molecule is Cc1oc(C2CC2)nc1C1CCCN1. The Morgan fingerprint density at radius 3 is 2.86 bits per heavy atom. The van der Waals surface area contributed by atoms with E-state index in [1.165, 1.54) is 25.7 Å². The Morgan fingerprint density at radius 2 is 2.21 bits per heavy atom. The lowest BCUT2D eigenvalue weighted by molar-refractivity contribution is 0.470. The van der Waals surface area contributed by atoms with Crippen LogP contribution in [0.5, 0.6) is 0 Å². The molecule has 0 bridgehead atoms. The van der Waals surface area contributed by atoms with E-state index < -0.39 is 0 Å². The molecule has 2 aliphatic rings. The zero-order valence-corrected chi connectivity index (χ0v) is 8.55. The average molecular weight is 192 g/mol. The third-order valence-electron chi connectivity index (χ3n) is 3.17. The lowest BCUT2D eigenvalue weighted by atomic mass is 10.1. The summed E-state index contributed by atoms with van der Waals surface area (Å²) in [5.74, 6) is 2.63. The Labute approximate surface area is 83.9 Å². The normalized spacial score (nSPS) is 27.1. The Bertz CT molecular complexity index is 335. The predicted molar refractivity (Wildman–Crippen MR) is 53.2 cm³/mol. The molecule has 1 aromatic rings. The van der Waals surface area contributed by atoms with Crippen molar-refractivity contribution in [2.45, 2.75) is 44.6 Å². The summed E-state index contributed by atoms with van der Waals surface area (Å²) in [5, 5.41) is 3.46. The molecular formula is C11H16N2O. The van der Waals surface area contributed by atoms with Crippen LogP contribution in [-0.2, 0) is 0 Å². The van der Waals surface area contributed by atoms with Crippen LogP contribution < -0.4 is 5.32 Å². The number of aromatic nitrogens is 1. The summed E-state index contributed by atoms with van der Waals surface area (Å²) < 4.78 is 5.70. The van der Waals surface area contributed by atoms with Gasteiger partial charge < -0.3 is 9.73 Å². The van der Waals surface area contributed by atoms with Gasteiger partial charge in [0.25, 0.3) is 0 Å². The number of rotatable bonds is 2. The summed E-state index contributed by atoms with van der Waals surface area (Å²) in [7, 11) is 0. The molecule has 3 rings (SSSR count). The van der Waals surface area contributed by atoms with E-state index in [9.17, 15) is 0 Å². The Hall–Kier alpha value is -0.830. The summed E-state index contributed by atoms with van der Waals surface area (Å²) in [5.41, 5.74) is 1.16. The van der Waals surface area contributed by atoms with E-state index in [-0.39, 0.29) is 0 Å². The fraction of sp³-hybridized carbons (Fsp3) is 0.727. The van der Waals surface area contributed by atoms with Crippen molar-refractivity contribution in [2.75, 3.05) is 6.54 Å². The van der Waals surface area contributed by atoms with E-state index in [0.29, 0.717) is 12.0 Å². The van der Waals surface area contributed by atoms with E-state index in [4.69, 9.17) is 4.42 Å². The third-order valence-corrected chi connectivity index (χ3v) is 3.17. The first-order valence-electron chi connectivity index (χ1n) is 5.55. The number of aryl methyl sites for hydroxylation is 1. The second kappa shape index (κ2) is 3.09. The topological polar surface area (TPSA) is 38.1 Å². The van der Waals surface area contributed by atoms with Gasteiger partial charge in [0.05, 0.1) is 11.7 Å². The molecule has 14 heavy (non-hydrogen) atoms. The van der Waals surface area contributed by atoms with Crippen LogP contribution >= 0.6 is 0 Å². The van der Waals surface area contributed by atoms with Crippen molar-refractivity contribution < 1.29 is 4.42 Å². The minimum absolute atomic E-state index is 0.450. The van der Waals surface area contributed by atoms with E-state index >= 15 is 0 Å². The standard InChI is InChI=1S/C11H16N2O/c1-7-10(9-3-2-6-12-9)13-11(14-7)8-4-5-8/h8-9,12H,2-6H2,1H3. The van der Waals surface area contributed by atoms with Crippen molar-refractivity contribution in [3.05, 3.63) is 17.3 Å². The smallest absolute Gasteiger partial charge is 0.197 e. The number of hydrogen-bond donors (Lipinski definition) is 1. The molecule has 1 aromatic heterocycles. The van der Waals surface area contributed by atoms with Crippen molar-refractivity contribution in [1.29, 1.82) is 0 Å². The van der Waals surface area contributed by atoms with Gasteiger partial charge in [-0.05, 0) is 39.2 Å². The van der Waals surface area contributed by atoms with E-state index in [1.807, 2.05) is 6.92 Å².